The molecule has 0 radical (unpaired) electrons. The van der Waals surface area contributed by atoms with Gasteiger partial charge in [-0.2, -0.15) is 0 Å². The number of carboxylic acid groups (broad SMARTS) is 1. The van der Waals surface area contributed by atoms with Crippen molar-refractivity contribution in [2.75, 3.05) is 6.61 Å². The molecule has 0 aromatic carbocycles. The molecule has 0 atom stereocenters. The molecule has 0 aliphatic carbocycles. The van der Waals surface area contributed by atoms with E-state index in [0.717, 1.165) is 19.3 Å². The first kappa shape index (κ1) is 12.3. The predicted molar refractivity (Wildman–Crippen MR) is 57.9 cm³/mol. The van der Waals surface area contributed by atoms with Crippen LogP contribution in [0, 0.1) is 0 Å². The third-order valence-electron chi connectivity index (χ3n) is 2.10. The predicted octanol–water partition coefficient (Wildman–Crippen LogP) is 2.05. The molecule has 0 aliphatic heterocycles. The maximum Gasteiger partial charge on any atom is 0.358 e. The number of rotatable bonds is 6. The summed E-state index contributed by atoms with van der Waals surface area (Å²) in [5, 5.41) is 18.3. The van der Waals surface area contributed by atoms with Gasteiger partial charge in [0.2, 0.25) is 0 Å². The lowest BCUT2D eigenvalue weighted by Gasteiger charge is -2.08. The monoisotopic (exact) mass is 225 g/mol. The molecule has 1 aromatic heterocycles. The van der Waals surface area contributed by atoms with Crippen LogP contribution in [0.5, 0.6) is 11.5 Å². The molecule has 5 nitrogen and oxygen atoms in total. The smallest absolute Gasteiger partial charge is 0.358 e. The number of ether oxygens (including phenoxy) is 1. The molecule has 0 spiro atoms. The van der Waals surface area contributed by atoms with Gasteiger partial charge in [0.15, 0.2) is 17.2 Å². The number of carbonyl (C=O) groups is 1. The molecule has 1 rings (SSSR count). The number of unbranched alkanes of at least 4 members (excludes halogenated alkanes) is 2. The van der Waals surface area contributed by atoms with E-state index in [1.54, 1.807) is 0 Å². The summed E-state index contributed by atoms with van der Waals surface area (Å²) in [5.74, 6) is -1.51. The normalized spacial score (nSPS) is 10.1. The van der Waals surface area contributed by atoms with Gasteiger partial charge in [-0.25, -0.2) is 9.78 Å². The number of aromatic nitrogens is 1. The van der Waals surface area contributed by atoms with Gasteiger partial charge < -0.3 is 14.9 Å². The maximum absolute atomic E-state index is 10.7. The largest absolute Gasteiger partial charge is 0.503 e. The highest BCUT2D eigenvalue weighted by atomic mass is 16.5. The second-order valence-electron chi connectivity index (χ2n) is 3.37. The molecule has 0 bridgehead atoms. The van der Waals surface area contributed by atoms with Crippen LogP contribution >= 0.6 is 0 Å². The van der Waals surface area contributed by atoms with Crippen molar-refractivity contribution in [1.82, 2.24) is 4.98 Å². The third kappa shape index (κ3) is 3.12. The Bertz CT molecular complexity index is 365. The van der Waals surface area contributed by atoms with Gasteiger partial charge in [0.25, 0.3) is 0 Å². The second kappa shape index (κ2) is 5.95. The van der Waals surface area contributed by atoms with Crippen LogP contribution in [0.4, 0.5) is 0 Å². The van der Waals surface area contributed by atoms with E-state index < -0.39 is 11.7 Å². The number of hydrogen-bond acceptors (Lipinski definition) is 4. The number of aromatic hydroxyl groups is 1. The van der Waals surface area contributed by atoms with Gasteiger partial charge in [-0.3, -0.25) is 0 Å². The van der Waals surface area contributed by atoms with Crippen LogP contribution in [0.2, 0.25) is 0 Å². The van der Waals surface area contributed by atoms with E-state index in [9.17, 15) is 9.90 Å². The van der Waals surface area contributed by atoms with Crippen LogP contribution in [-0.2, 0) is 0 Å². The molecule has 0 saturated carbocycles. The van der Waals surface area contributed by atoms with E-state index in [1.165, 1.54) is 12.3 Å². The van der Waals surface area contributed by atoms with Crippen LogP contribution in [0.15, 0.2) is 12.3 Å². The average molecular weight is 225 g/mol. The van der Waals surface area contributed by atoms with E-state index in [-0.39, 0.29) is 11.4 Å². The van der Waals surface area contributed by atoms with Crippen molar-refractivity contribution < 1.29 is 19.7 Å². The van der Waals surface area contributed by atoms with Crippen LogP contribution < -0.4 is 4.74 Å². The summed E-state index contributed by atoms with van der Waals surface area (Å²) < 4.78 is 5.28. The SMILES string of the molecule is CCCCCOc1ccnc(C(=O)O)c1O. The molecular formula is C11H15NO4. The number of pyridine rings is 1. The molecule has 1 aromatic rings. The molecule has 88 valence electrons. The summed E-state index contributed by atoms with van der Waals surface area (Å²) in [6, 6.07) is 1.45. The van der Waals surface area contributed by atoms with Crippen LogP contribution in [0.3, 0.4) is 0 Å². The van der Waals surface area contributed by atoms with Gasteiger partial charge in [0.05, 0.1) is 6.61 Å². The Hall–Kier alpha value is -1.78. The molecule has 16 heavy (non-hydrogen) atoms. The lowest BCUT2D eigenvalue weighted by molar-refractivity contribution is 0.0686. The Morgan fingerprint density at radius 2 is 2.25 bits per heavy atom. The first-order valence-electron chi connectivity index (χ1n) is 5.21. The highest BCUT2D eigenvalue weighted by Gasteiger charge is 2.15. The summed E-state index contributed by atoms with van der Waals surface area (Å²) in [5.41, 5.74) is -0.381. The van der Waals surface area contributed by atoms with Crippen molar-refractivity contribution >= 4 is 5.97 Å². The minimum Gasteiger partial charge on any atom is -0.503 e. The molecule has 1 heterocycles. The number of carboxylic acids is 1. The van der Waals surface area contributed by atoms with Crippen molar-refractivity contribution in [2.45, 2.75) is 26.2 Å². The topological polar surface area (TPSA) is 79.7 Å². The van der Waals surface area contributed by atoms with Gasteiger partial charge in [-0.05, 0) is 6.42 Å². The Kier molecular flexibility index (Phi) is 4.57. The zero-order valence-electron chi connectivity index (χ0n) is 9.14. The van der Waals surface area contributed by atoms with E-state index in [1.807, 2.05) is 0 Å². The molecule has 0 aliphatic rings. The quantitative estimate of drug-likeness (QED) is 0.724. The highest BCUT2D eigenvalue weighted by molar-refractivity contribution is 5.89. The second-order valence-corrected chi connectivity index (χ2v) is 3.37. The number of aromatic carboxylic acids is 1. The van der Waals surface area contributed by atoms with Gasteiger partial charge in [-0.15, -0.1) is 0 Å². The van der Waals surface area contributed by atoms with E-state index in [2.05, 4.69) is 11.9 Å². The van der Waals surface area contributed by atoms with Gasteiger partial charge >= 0.3 is 5.97 Å². The summed E-state index contributed by atoms with van der Waals surface area (Å²) in [4.78, 5) is 14.2. The van der Waals surface area contributed by atoms with Crippen LogP contribution in [-0.4, -0.2) is 27.8 Å². The minimum atomic E-state index is -1.27. The van der Waals surface area contributed by atoms with Crippen molar-refractivity contribution in [3.05, 3.63) is 18.0 Å². The van der Waals surface area contributed by atoms with E-state index >= 15 is 0 Å². The first-order valence-corrected chi connectivity index (χ1v) is 5.21. The summed E-state index contributed by atoms with van der Waals surface area (Å²) >= 11 is 0. The number of hydrogen-bond donors (Lipinski definition) is 2. The standard InChI is InChI=1S/C11H15NO4/c1-2-3-4-7-16-8-5-6-12-9(10(8)13)11(14)15/h5-6,13H,2-4,7H2,1H3,(H,14,15). The fraction of sp³-hybridized carbons (Fsp3) is 0.455. The van der Waals surface area contributed by atoms with E-state index in [0.29, 0.717) is 6.61 Å². The summed E-state index contributed by atoms with van der Waals surface area (Å²) in [6.45, 7) is 2.54. The summed E-state index contributed by atoms with van der Waals surface area (Å²) in [7, 11) is 0. The van der Waals surface area contributed by atoms with Gasteiger partial charge in [0, 0.05) is 12.3 Å². The zero-order chi connectivity index (χ0) is 12.0. The Morgan fingerprint density at radius 1 is 1.50 bits per heavy atom. The van der Waals surface area contributed by atoms with Crippen molar-refractivity contribution in [1.29, 1.82) is 0 Å². The van der Waals surface area contributed by atoms with Gasteiger partial charge in [0.1, 0.15) is 0 Å². The van der Waals surface area contributed by atoms with E-state index in [4.69, 9.17) is 9.84 Å². The fourth-order valence-corrected chi connectivity index (χ4v) is 1.24. The molecule has 0 saturated heterocycles. The summed E-state index contributed by atoms with van der Waals surface area (Å²) in [6.07, 6.45) is 4.29. The maximum atomic E-state index is 10.7. The fourth-order valence-electron chi connectivity index (χ4n) is 1.24. The zero-order valence-corrected chi connectivity index (χ0v) is 9.14. The highest BCUT2D eigenvalue weighted by Crippen LogP contribution is 2.28. The van der Waals surface area contributed by atoms with Crippen LogP contribution in [0.25, 0.3) is 0 Å². The lowest BCUT2D eigenvalue weighted by Crippen LogP contribution is -2.03. The van der Waals surface area contributed by atoms with Crippen LogP contribution in [0.1, 0.15) is 36.7 Å². The third-order valence-corrected chi connectivity index (χ3v) is 2.10. The van der Waals surface area contributed by atoms with Gasteiger partial charge in [-0.1, -0.05) is 19.8 Å². The van der Waals surface area contributed by atoms with Crippen molar-refractivity contribution in [2.24, 2.45) is 0 Å². The molecule has 0 fully saturated rings. The Morgan fingerprint density at radius 3 is 2.88 bits per heavy atom. The molecular weight excluding hydrogens is 210 g/mol. The van der Waals surface area contributed by atoms with Crippen molar-refractivity contribution in [3.63, 3.8) is 0 Å². The average Bonchev–Trinajstić information content (AvgIpc) is 2.26. The Balaban J connectivity index is 2.66. The minimum absolute atomic E-state index is 0.170. The molecule has 0 unspecified atom stereocenters. The van der Waals surface area contributed by atoms with Crippen molar-refractivity contribution in [3.8, 4) is 11.5 Å². The number of nitrogens with zero attached hydrogens (tertiary/aromatic N) is 1. The Labute approximate surface area is 93.7 Å². The molecule has 0 amide bonds. The first-order chi connectivity index (χ1) is 7.66. The molecule has 5 heteroatoms. The molecule has 2 N–H and O–H groups in total. The lowest BCUT2D eigenvalue weighted by atomic mass is 10.2.